The minimum Gasteiger partial charge on any atom is -0.359 e. The average molecular weight is 268 g/mol. The molecule has 2 aromatic heterocycles. The summed E-state index contributed by atoms with van der Waals surface area (Å²) >= 11 is 2.90. The van der Waals surface area contributed by atoms with Crippen LogP contribution in [0.4, 0.5) is 5.13 Å². The molecule has 0 aliphatic rings. The molecule has 2 aromatic rings. The number of Topliss-reactive ketones (excluding diaryl/α,β-unsaturated/α-hetero) is 1. The van der Waals surface area contributed by atoms with E-state index in [2.05, 4.69) is 15.2 Å². The van der Waals surface area contributed by atoms with Crippen molar-refractivity contribution in [2.45, 2.75) is 4.34 Å². The van der Waals surface area contributed by atoms with E-state index in [-0.39, 0.29) is 5.78 Å². The van der Waals surface area contributed by atoms with Crippen LogP contribution in [0, 0.1) is 0 Å². The number of carbonyl (C=O) groups excluding carboxylic acids is 1. The first kappa shape index (κ1) is 12.1. The molecule has 0 atom stereocenters. The predicted octanol–water partition coefficient (Wildman–Crippen LogP) is 1.91. The van der Waals surface area contributed by atoms with Crippen molar-refractivity contribution in [3.8, 4) is 0 Å². The van der Waals surface area contributed by atoms with Crippen molar-refractivity contribution in [3.63, 3.8) is 0 Å². The van der Waals surface area contributed by atoms with E-state index in [1.165, 1.54) is 23.1 Å². The van der Waals surface area contributed by atoms with E-state index in [1.54, 1.807) is 12.3 Å². The lowest BCUT2D eigenvalue weighted by molar-refractivity contribution is 0.101. The summed E-state index contributed by atoms with van der Waals surface area (Å²) in [5.41, 5.74) is 0.634. The molecule has 5 nitrogen and oxygen atoms in total. The Morgan fingerprint density at radius 2 is 2.35 bits per heavy atom. The van der Waals surface area contributed by atoms with Crippen molar-refractivity contribution in [2.75, 3.05) is 24.7 Å². The maximum atomic E-state index is 11.7. The summed E-state index contributed by atoms with van der Waals surface area (Å²) in [6, 6.07) is 3.58. The molecule has 0 amide bonds. The molecule has 0 aromatic carbocycles. The summed E-state index contributed by atoms with van der Waals surface area (Å²) in [4.78, 5) is 16.5. The number of nitrogens with zero attached hydrogens (tertiary/aromatic N) is 3. The summed E-state index contributed by atoms with van der Waals surface area (Å²) in [5.74, 6) is 0.448. The highest BCUT2D eigenvalue weighted by Gasteiger charge is 2.10. The number of H-pyrrole nitrogens is 1. The normalized spacial score (nSPS) is 10.5. The number of rotatable bonds is 5. The fraction of sp³-hybridized carbons (Fsp3) is 0.300. The van der Waals surface area contributed by atoms with Crippen molar-refractivity contribution < 1.29 is 4.79 Å². The number of carbonyl (C=O) groups is 1. The standard InChI is InChI=1S/C10H12N4OS2/c1-14(2)9-12-13-10(17-9)16-6-8(15)7-4-3-5-11-7/h3-5,11H,6H2,1-2H3. The summed E-state index contributed by atoms with van der Waals surface area (Å²) in [6.07, 6.45) is 1.74. The second-order valence-electron chi connectivity index (χ2n) is 3.54. The number of hydrogen-bond donors (Lipinski definition) is 1. The van der Waals surface area contributed by atoms with Gasteiger partial charge in [-0.3, -0.25) is 4.79 Å². The molecule has 0 radical (unpaired) electrons. The molecule has 0 unspecified atom stereocenters. The average Bonchev–Trinajstić information content (AvgIpc) is 2.97. The molecule has 90 valence electrons. The van der Waals surface area contributed by atoms with Gasteiger partial charge in [0.25, 0.3) is 0 Å². The van der Waals surface area contributed by atoms with Crippen LogP contribution in [0.15, 0.2) is 22.7 Å². The van der Waals surface area contributed by atoms with Gasteiger partial charge in [-0.25, -0.2) is 0 Å². The number of hydrogen-bond acceptors (Lipinski definition) is 6. The van der Waals surface area contributed by atoms with E-state index >= 15 is 0 Å². The van der Waals surface area contributed by atoms with Crippen LogP contribution in [-0.2, 0) is 0 Å². The topological polar surface area (TPSA) is 61.9 Å². The highest BCUT2D eigenvalue weighted by atomic mass is 32.2. The maximum Gasteiger partial charge on any atom is 0.208 e. The summed E-state index contributed by atoms with van der Waals surface area (Å²) in [7, 11) is 3.83. The lowest BCUT2D eigenvalue weighted by Crippen LogP contribution is -2.07. The van der Waals surface area contributed by atoms with Gasteiger partial charge in [0.2, 0.25) is 5.13 Å². The Labute approximate surface area is 107 Å². The number of ketones is 1. The zero-order valence-electron chi connectivity index (χ0n) is 9.51. The van der Waals surface area contributed by atoms with E-state index in [0.29, 0.717) is 11.4 Å². The molecular weight excluding hydrogens is 256 g/mol. The van der Waals surface area contributed by atoms with Gasteiger partial charge in [-0.1, -0.05) is 23.1 Å². The van der Waals surface area contributed by atoms with Gasteiger partial charge in [-0.05, 0) is 12.1 Å². The van der Waals surface area contributed by atoms with Crippen LogP contribution < -0.4 is 4.90 Å². The van der Waals surface area contributed by atoms with Gasteiger partial charge in [0.1, 0.15) is 0 Å². The number of thioether (sulfide) groups is 1. The van der Waals surface area contributed by atoms with Gasteiger partial charge in [0.15, 0.2) is 10.1 Å². The minimum atomic E-state index is 0.0709. The summed E-state index contributed by atoms with van der Waals surface area (Å²) in [5, 5.41) is 8.88. The second kappa shape index (κ2) is 5.33. The molecule has 0 fully saturated rings. The van der Waals surface area contributed by atoms with E-state index in [0.717, 1.165) is 9.47 Å². The Morgan fingerprint density at radius 1 is 1.53 bits per heavy atom. The molecule has 17 heavy (non-hydrogen) atoms. The van der Waals surface area contributed by atoms with Crippen molar-refractivity contribution in [1.82, 2.24) is 15.2 Å². The van der Waals surface area contributed by atoms with Crippen LogP contribution >= 0.6 is 23.1 Å². The first-order valence-electron chi connectivity index (χ1n) is 4.97. The van der Waals surface area contributed by atoms with Crippen LogP contribution in [-0.4, -0.2) is 40.8 Å². The van der Waals surface area contributed by atoms with Gasteiger partial charge >= 0.3 is 0 Å². The fourth-order valence-electron chi connectivity index (χ4n) is 1.15. The third-order valence-corrected chi connectivity index (χ3v) is 4.23. The van der Waals surface area contributed by atoms with Gasteiger partial charge in [-0.15, -0.1) is 10.2 Å². The van der Waals surface area contributed by atoms with Crippen LogP contribution in [0.2, 0.25) is 0 Å². The Bertz CT molecular complexity index is 492. The molecule has 0 saturated heterocycles. The highest BCUT2D eigenvalue weighted by Crippen LogP contribution is 2.27. The molecule has 0 aliphatic heterocycles. The fourth-order valence-corrected chi connectivity index (χ4v) is 2.80. The zero-order valence-corrected chi connectivity index (χ0v) is 11.1. The first-order valence-corrected chi connectivity index (χ1v) is 6.77. The number of anilines is 1. The Kier molecular flexibility index (Phi) is 3.80. The van der Waals surface area contributed by atoms with Crippen molar-refractivity contribution in [3.05, 3.63) is 24.0 Å². The van der Waals surface area contributed by atoms with Crippen molar-refractivity contribution >= 4 is 34.0 Å². The van der Waals surface area contributed by atoms with Crippen LogP contribution in [0.5, 0.6) is 0 Å². The first-order chi connectivity index (χ1) is 8.16. The summed E-state index contributed by atoms with van der Waals surface area (Å²) in [6.45, 7) is 0. The lowest BCUT2D eigenvalue weighted by atomic mass is 10.3. The van der Waals surface area contributed by atoms with Crippen molar-refractivity contribution in [2.24, 2.45) is 0 Å². The largest absolute Gasteiger partial charge is 0.359 e. The zero-order chi connectivity index (χ0) is 12.3. The number of aromatic amines is 1. The van der Waals surface area contributed by atoms with Gasteiger partial charge in [0.05, 0.1) is 11.4 Å². The second-order valence-corrected chi connectivity index (χ2v) is 5.72. The van der Waals surface area contributed by atoms with Gasteiger partial charge in [-0.2, -0.15) is 0 Å². The number of aromatic nitrogens is 3. The highest BCUT2D eigenvalue weighted by molar-refractivity contribution is 8.01. The molecule has 2 rings (SSSR count). The van der Waals surface area contributed by atoms with Gasteiger partial charge < -0.3 is 9.88 Å². The molecule has 0 saturated carbocycles. The molecule has 0 bridgehead atoms. The van der Waals surface area contributed by atoms with Crippen LogP contribution in [0.1, 0.15) is 10.5 Å². The predicted molar refractivity (Wildman–Crippen MR) is 70.1 cm³/mol. The SMILES string of the molecule is CN(C)c1nnc(SCC(=O)c2ccc[nH]2)s1. The Hall–Kier alpha value is -1.34. The molecule has 0 spiro atoms. The van der Waals surface area contributed by atoms with Crippen LogP contribution in [0.3, 0.4) is 0 Å². The third kappa shape index (κ3) is 3.07. The minimum absolute atomic E-state index is 0.0709. The monoisotopic (exact) mass is 268 g/mol. The molecule has 0 aliphatic carbocycles. The number of nitrogens with one attached hydrogen (secondary N) is 1. The van der Waals surface area contributed by atoms with Crippen molar-refractivity contribution in [1.29, 1.82) is 0 Å². The quantitative estimate of drug-likeness (QED) is 0.663. The van der Waals surface area contributed by atoms with E-state index in [9.17, 15) is 4.79 Å². The van der Waals surface area contributed by atoms with E-state index in [1.807, 2.05) is 25.1 Å². The maximum absolute atomic E-state index is 11.7. The Balaban J connectivity index is 1.91. The van der Waals surface area contributed by atoms with E-state index in [4.69, 9.17) is 0 Å². The molecule has 7 heteroatoms. The van der Waals surface area contributed by atoms with E-state index < -0.39 is 0 Å². The molecule has 1 N–H and O–H groups in total. The lowest BCUT2D eigenvalue weighted by Gasteiger charge is -2.03. The van der Waals surface area contributed by atoms with Crippen LogP contribution in [0.25, 0.3) is 0 Å². The smallest absolute Gasteiger partial charge is 0.208 e. The van der Waals surface area contributed by atoms with Gasteiger partial charge in [0, 0.05) is 20.3 Å². The molecular formula is C10H12N4OS2. The third-order valence-electron chi connectivity index (χ3n) is 2.00. The summed E-state index contributed by atoms with van der Waals surface area (Å²) < 4.78 is 0.814. The molecule has 2 heterocycles. The Morgan fingerprint density at radius 3 is 2.94 bits per heavy atom.